The highest BCUT2D eigenvalue weighted by Gasteiger charge is 2.62. The van der Waals surface area contributed by atoms with Crippen LogP contribution in [0.3, 0.4) is 0 Å². The molecule has 3 heteroatoms. The fourth-order valence-electron chi connectivity index (χ4n) is 6.54. The second-order valence-electron chi connectivity index (χ2n) is 8.57. The van der Waals surface area contributed by atoms with Crippen molar-refractivity contribution in [1.29, 1.82) is 0 Å². The summed E-state index contributed by atoms with van der Waals surface area (Å²) in [5.74, 6) is 2.79. The Hall–Kier alpha value is -0.550. The van der Waals surface area contributed by atoms with Gasteiger partial charge in [0.15, 0.2) is 0 Å². The number of hydrogen-bond acceptors (Lipinski definition) is 2. The number of aryl methyl sites for hydroxylation is 1. The van der Waals surface area contributed by atoms with Gasteiger partial charge in [0, 0.05) is 5.41 Å². The van der Waals surface area contributed by atoms with E-state index in [0.717, 1.165) is 25.7 Å². The van der Waals surface area contributed by atoms with Crippen LogP contribution in [0.1, 0.15) is 56.6 Å². The highest BCUT2D eigenvalue weighted by molar-refractivity contribution is 14.1. The third-order valence-electron chi connectivity index (χ3n) is 7.55. The molecule has 0 spiro atoms. The molecule has 130 valence electrons. The van der Waals surface area contributed by atoms with Crippen molar-refractivity contribution < 1.29 is 10.2 Å². The van der Waals surface area contributed by atoms with E-state index >= 15 is 0 Å². The van der Waals surface area contributed by atoms with Gasteiger partial charge >= 0.3 is 0 Å². The number of aromatic hydroxyl groups is 1. The molecule has 1 aromatic rings. The summed E-state index contributed by atoms with van der Waals surface area (Å²) in [6.45, 7) is 4.70. The minimum atomic E-state index is -0.646. The number of phenols is 1. The van der Waals surface area contributed by atoms with Gasteiger partial charge < -0.3 is 10.2 Å². The first kappa shape index (κ1) is 16.9. The first-order valence-electron chi connectivity index (χ1n) is 9.22. The average Bonchev–Trinajstić information content (AvgIpc) is 2.78. The zero-order valence-corrected chi connectivity index (χ0v) is 16.7. The molecule has 2 saturated carbocycles. The molecule has 2 fully saturated rings. The van der Waals surface area contributed by atoms with Gasteiger partial charge in [0.05, 0.1) is 5.60 Å². The molecule has 0 saturated heterocycles. The lowest BCUT2D eigenvalue weighted by atomic mass is 9.50. The van der Waals surface area contributed by atoms with E-state index < -0.39 is 5.60 Å². The van der Waals surface area contributed by atoms with Crippen molar-refractivity contribution >= 4 is 22.6 Å². The minimum Gasteiger partial charge on any atom is -0.508 e. The van der Waals surface area contributed by atoms with Crippen LogP contribution in [-0.2, 0) is 6.42 Å². The summed E-state index contributed by atoms with van der Waals surface area (Å²) in [7, 11) is 0. The number of aliphatic hydroxyl groups is 1. The van der Waals surface area contributed by atoms with Crippen LogP contribution < -0.4 is 0 Å². The van der Waals surface area contributed by atoms with Gasteiger partial charge in [-0.3, -0.25) is 0 Å². The Morgan fingerprint density at radius 2 is 2.08 bits per heavy atom. The third-order valence-corrected chi connectivity index (χ3v) is 7.91. The molecule has 0 aliphatic heterocycles. The molecule has 0 unspecified atom stereocenters. The van der Waals surface area contributed by atoms with E-state index in [0.29, 0.717) is 29.4 Å². The van der Waals surface area contributed by atoms with Crippen LogP contribution in [0.15, 0.2) is 28.4 Å². The molecule has 6 atom stereocenters. The van der Waals surface area contributed by atoms with Gasteiger partial charge in [-0.25, -0.2) is 0 Å². The van der Waals surface area contributed by atoms with Crippen molar-refractivity contribution in [1.82, 2.24) is 0 Å². The second kappa shape index (κ2) is 5.73. The summed E-state index contributed by atoms with van der Waals surface area (Å²) < 4.78 is 2.00. The van der Waals surface area contributed by atoms with Crippen LogP contribution >= 0.6 is 22.6 Å². The van der Waals surface area contributed by atoms with Gasteiger partial charge in [-0.2, -0.15) is 0 Å². The van der Waals surface area contributed by atoms with Crippen molar-refractivity contribution in [2.75, 3.05) is 0 Å². The lowest BCUT2D eigenvalue weighted by molar-refractivity contribution is -0.0866. The standard InChI is InChI=1S/C21H27IO2/c1-13-12-20(2)18(7-8-21(20,24)9-10-22)17-5-3-14-11-15(23)4-6-16(14)19(13)17/h4,6,9-11,13,17-19,23-24H,3,5,7-8,12H2,1-2H3/b10-9+/t13-,17-,18-,19+,20-,21+/m0/s1. The van der Waals surface area contributed by atoms with E-state index in [1.807, 2.05) is 16.2 Å². The molecule has 0 bridgehead atoms. The molecule has 3 aliphatic rings. The van der Waals surface area contributed by atoms with E-state index in [9.17, 15) is 10.2 Å². The Bertz CT molecular complexity index is 684. The zero-order chi connectivity index (χ0) is 17.1. The lowest BCUT2D eigenvalue weighted by Gasteiger charge is -2.55. The van der Waals surface area contributed by atoms with Gasteiger partial charge in [-0.05, 0) is 89.2 Å². The van der Waals surface area contributed by atoms with Gasteiger partial charge in [0.25, 0.3) is 0 Å². The first-order valence-corrected chi connectivity index (χ1v) is 10.5. The highest BCUT2D eigenvalue weighted by Crippen LogP contribution is 2.66. The number of rotatable bonds is 1. The first-order chi connectivity index (χ1) is 11.4. The van der Waals surface area contributed by atoms with Crippen molar-refractivity contribution in [2.45, 2.75) is 57.5 Å². The lowest BCUT2D eigenvalue weighted by Crippen LogP contribution is -2.52. The molecule has 2 nitrogen and oxygen atoms in total. The number of fused-ring (bicyclic) bond motifs is 5. The Morgan fingerprint density at radius 3 is 2.83 bits per heavy atom. The molecule has 0 amide bonds. The molecule has 0 heterocycles. The quantitative estimate of drug-likeness (QED) is 0.594. The Labute approximate surface area is 158 Å². The molecule has 24 heavy (non-hydrogen) atoms. The van der Waals surface area contributed by atoms with Crippen LogP contribution in [0.2, 0.25) is 0 Å². The van der Waals surface area contributed by atoms with Crippen LogP contribution in [0.4, 0.5) is 0 Å². The second-order valence-corrected chi connectivity index (χ2v) is 9.29. The predicted molar refractivity (Wildman–Crippen MR) is 105 cm³/mol. The summed E-state index contributed by atoms with van der Waals surface area (Å²) in [5, 5.41) is 21.2. The van der Waals surface area contributed by atoms with Crippen molar-refractivity contribution in [3.05, 3.63) is 39.5 Å². The van der Waals surface area contributed by atoms with Crippen molar-refractivity contribution in [2.24, 2.45) is 23.2 Å². The molecule has 0 aromatic heterocycles. The molecule has 0 radical (unpaired) electrons. The Balaban J connectivity index is 1.75. The summed E-state index contributed by atoms with van der Waals surface area (Å²) in [4.78, 5) is 0. The van der Waals surface area contributed by atoms with Crippen molar-refractivity contribution in [3.63, 3.8) is 0 Å². The maximum absolute atomic E-state index is 11.4. The normalized spacial score (nSPS) is 44.2. The molecule has 1 aromatic carbocycles. The number of benzene rings is 1. The van der Waals surface area contributed by atoms with Gasteiger partial charge in [-0.1, -0.05) is 42.5 Å². The van der Waals surface area contributed by atoms with Gasteiger partial charge in [0.1, 0.15) is 5.75 Å². The van der Waals surface area contributed by atoms with Gasteiger partial charge in [-0.15, -0.1) is 0 Å². The van der Waals surface area contributed by atoms with E-state index in [2.05, 4.69) is 48.6 Å². The molecule has 4 rings (SSSR count). The fourth-order valence-corrected chi connectivity index (χ4v) is 7.13. The topological polar surface area (TPSA) is 40.5 Å². The maximum Gasteiger partial charge on any atom is 0.115 e. The summed E-state index contributed by atoms with van der Waals surface area (Å²) >= 11 is 2.24. The van der Waals surface area contributed by atoms with Crippen LogP contribution in [0.5, 0.6) is 5.75 Å². The average molecular weight is 438 g/mol. The van der Waals surface area contributed by atoms with Crippen LogP contribution in [0, 0.1) is 23.2 Å². The molecule has 3 aliphatic carbocycles. The van der Waals surface area contributed by atoms with Crippen LogP contribution in [0.25, 0.3) is 0 Å². The number of phenolic OH excluding ortho intramolecular Hbond substituents is 1. The van der Waals surface area contributed by atoms with Gasteiger partial charge in [0.2, 0.25) is 0 Å². The fraction of sp³-hybridized carbons (Fsp3) is 0.619. The Kier molecular flexibility index (Phi) is 4.03. The van der Waals surface area contributed by atoms with Crippen molar-refractivity contribution in [3.8, 4) is 5.75 Å². The van der Waals surface area contributed by atoms with E-state index in [-0.39, 0.29) is 5.41 Å². The van der Waals surface area contributed by atoms with E-state index in [4.69, 9.17) is 0 Å². The number of halogens is 1. The third kappa shape index (κ3) is 2.23. The molecular formula is C21H27IO2. The van der Waals surface area contributed by atoms with E-state index in [1.54, 1.807) is 0 Å². The predicted octanol–water partition coefficient (Wildman–Crippen LogP) is 5.17. The summed E-state index contributed by atoms with van der Waals surface area (Å²) in [6.07, 6.45) is 7.41. The Morgan fingerprint density at radius 1 is 1.29 bits per heavy atom. The largest absolute Gasteiger partial charge is 0.508 e. The number of hydrogen-bond donors (Lipinski definition) is 2. The minimum absolute atomic E-state index is 0.0102. The summed E-state index contributed by atoms with van der Waals surface area (Å²) in [6, 6.07) is 5.98. The molecule has 2 N–H and O–H groups in total. The smallest absolute Gasteiger partial charge is 0.115 e. The highest BCUT2D eigenvalue weighted by atomic mass is 127. The zero-order valence-electron chi connectivity index (χ0n) is 14.5. The summed E-state index contributed by atoms with van der Waals surface area (Å²) in [5.41, 5.74) is 2.14. The molecular weight excluding hydrogens is 411 g/mol. The monoisotopic (exact) mass is 438 g/mol. The SMILES string of the molecule is C[C@H]1C[C@@]2(C)[C@@H](CC[C@@]2(O)/C=C/I)[C@@H]2CCc3cc(O)ccc3[C@H]21. The van der Waals surface area contributed by atoms with E-state index in [1.165, 1.54) is 17.5 Å². The van der Waals surface area contributed by atoms with Crippen LogP contribution in [-0.4, -0.2) is 15.8 Å². The maximum atomic E-state index is 11.4.